The van der Waals surface area contributed by atoms with Crippen LogP contribution in [-0.2, 0) is 0 Å². The molecule has 0 bridgehead atoms. The van der Waals surface area contributed by atoms with Crippen LogP contribution in [0, 0.1) is 20.2 Å². The van der Waals surface area contributed by atoms with Gasteiger partial charge in [-0.1, -0.05) is 11.6 Å². The van der Waals surface area contributed by atoms with Crippen LogP contribution in [0.2, 0.25) is 5.02 Å². The van der Waals surface area contributed by atoms with E-state index in [0.717, 1.165) is 17.8 Å². The van der Waals surface area contributed by atoms with Crippen LogP contribution in [0.25, 0.3) is 11.0 Å². The number of benzene rings is 1. The number of nitrogens with zero attached hydrogens (tertiary/aromatic N) is 4. The van der Waals surface area contributed by atoms with E-state index in [2.05, 4.69) is 8.75 Å². The van der Waals surface area contributed by atoms with Crippen molar-refractivity contribution in [3.05, 3.63) is 31.3 Å². The fourth-order valence-electron chi connectivity index (χ4n) is 1.17. The van der Waals surface area contributed by atoms with Gasteiger partial charge in [-0.15, -0.1) is 0 Å². The van der Waals surface area contributed by atoms with Crippen molar-refractivity contribution in [3.8, 4) is 0 Å². The molecule has 0 atom stereocenters. The lowest BCUT2D eigenvalue weighted by Gasteiger charge is -1.97. The Bertz CT molecular complexity index is 612. The lowest BCUT2D eigenvalue weighted by molar-refractivity contribution is -0.392. The molecule has 0 saturated heterocycles. The molecule has 1 aromatic heterocycles. The molecule has 0 radical (unpaired) electrons. The minimum absolute atomic E-state index is 0.0365. The summed E-state index contributed by atoms with van der Waals surface area (Å²) in [5, 5.41) is 20.8. The summed E-state index contributed by atoms with van der Waals surface area (Å²) in [6.07, 6.45) is 0. The summed E-state index contributed by atoms with van der Waals surface area (Å²) < 4.78 is 7.39. The number of hydrogen-bond acceptors (Lipinski definition) is 7. The zero-order chi connectivity index (χ0) is 11.9. The SMILES string of the molecule is O=[N+]([O-])c1cc2nsnc2c([N+](=O)[O-])c1Cl. The molecule has 1 heterocycles. The Balaban J connectivity index is 2.92. The molecule has 8 nitrogen and oxygen atoms in total. The Morgan fingerprint density at radius 2 is 1.94 bits per heavy atom. The fraction of sp³-hybridized carbons (Fsp3) is 0. The first-order chi connectivity index (χ1) is 7.52. The van der Waals surface area contributed by atoms with E-state index in [0.29, 0.717) is 0 Å². The van der Waals surface area contributed by atoms with Gasteiger partial charge in [0, 0.05) is 6.07 Å². The van der Waals surface area contributed by atoms with E-state index in [-0.39, 0.29) is 11.0 Å². The molecule has 0 aliphatic rings. The molecule has 0 aliphatic heterocycles. The Kier molecular flexibility index (Phi) is 2.40. The monoisotopic (exact) mass is 260 g/mol. The van der Waals surface area contributed by atoms with Gasteiger partial charge in [-0.3, -0.25) is 20.2 Å². The highest BCUT2D eigenvalue weighted by Crippen LogP contribution is 2.39. The quantitative estimate of drug-likeness (QED) is 0.604. The van der Waals surface area contributed by atoms with Crippen molar-refractivity contribution < 1.29 is 9.85 Å². The van der Waals surface area contributed by atoms with Crippen LogP contribution in [0.4, 0.5) is 11.4 Å². The number of aromatic nitrogens is 2. The molecule has 1 aromatic carbocycles. The van der Waals surface area contributed by atoms with Crippen LogP contribution in [0.15, 0.2) is 6.07 Å². The van der Waals surface area contributed by atoms with Gasteiger partial charge in [0.2, 0.25) is 0 Å². The third-order valence-electron chi connectivity index (χ3n) is 1.82. The molecular formula is C6HClN4O4S. The average Bonchev–Trinajstić information content (AvgIpc) is 2.62. The molecule has 10 heteroatoms. The first-order valence-electron chi connectivity index (χ1n) is 3.76. The molecule has 16 heavy (non-hydrogen) atoms. The van der Waals surface area contributed by atoms with Crippen molar-refractivity contribution in [1.29, 1.82) is 0 Å². The molecule has 0 N–H and O–H groups in total. The van der Waals surface area contributed by atoms with E-state index in [1.54, 1.807) is 0 Å². The van der Waals surface area contributed by atoms with Crippen LogP contribution in [-0.4, -0.2) is 18.6 Å². The van der Waals surface area contributed by atoms with Gasteiger partial charge in [-0.05, 0) is 0 Å². The molecule has 2 rings (SSSR count). The van der Waals surface area contributed by atoms with Gasteiger partial charge in [-0.25, -0.2) is 0 Å². The molecule has 0 amide bonds. The van der Waals surface area contributed by atoms with Crippen molar-refractivity contribution in [2.45, 2.75) is 0 Å². The summed E-state index contributed by atoms with van der Waals surface area (Å²) in [5.41, 5.74) is -1.08. The van der Waals surface area contributed by atoms with Crippen molar-refractivity contribution in [2.24, 2.45) is 0 Å². The Labute approximate surface area is 96.1 Å². The van der Waals surface area contributed by atoms with Gasteiger partial charge in [0.1, 0.15) is 5.52 Å². The minimum atomic E-state index is -0.806. The van der Waals surface area contributed by atoms with E-state index >= 15 is 0 Å². The number of nitro groups is 2. The Morgan fingerprint density at radius 1 is 1.25 bits per heavy atom. The van der Waals surface area contributed by atoms with Gasteiger partial charge < -0.3 is 0 Å². The highest BCUT2D eigenvalue weighted by atomic mass is 35.5. The van der Waals surface area contributed by atoms with Crippen LogP contribution in [0.1, 0.15) is 0 Å². The smallest absolute Gasteiger partial charge is 0.258 e. The van der Waals surface area contributed by atoms with Crippen LogP contribution < -0.4 is 0 Å². The minimum Gasteiger partial charge on any atom is -0.258 e. The van der Waals surface area contributed by atoms with Crippen molar-refractivity contribution >= 4 is 45.7 Å². The van der Waals surface area contributed by atoms with Crippen molar-refractivity contribution in [3.63, 3.8) is 0 Å². The predicted molar refractivity (Wildman–Crippen MR) is 55.7 cm³/mol. The maximum atomic E-state index is 10.7. The van der Waals surface area contributed by atoms with E-state index in [4.69, 9.17) is 11.6 Å². The number of halogens is 1. The van der Waals surface area contributed by atoms with Crippen LogP contribution in [0.3, 0.4) is 0 Å². The number of nitro benzene ring substituents is 2. The standard InChI is InChI=1S/C6HClN4O4S/c7-4-3(10(12)13)1-2-5(9-16-8-2)6(4)11(14)15/h1H. The van der Waals surface area contributed by atoms with E-state index in [9.17, 15) is 20.2 Å². The zero-order valence-corrected chi connectivity index (χ0v) is 8.86. The third-order valence-corrected chi connectivity index (χ3v) is 2.74. The lowest BCUT2D eigenvalue weighted by Crippen LogP contribution is -1.96. The highest BCUT2D eigenvalue weighted by molar-refractivity contribution is 7.00. The van der Waals surface area contributed by atoms with Gasteiger partial charge in [0.05, 0.1) is 21.6 Å². The molecular weight excluding hydrogens is 260 g/mol. The number of fused-ring (bicyclic) bond motifs is 1. The fourth-order valence-corrected chi connectivity index (χ4v) is 1.98. The summed E-state index contributed by atoms with van der Waals surface area (Å²) >= 11 is 6.32. The summed E-state index contributed by atoms with van der Waals surface area (Å²) in [5.74, 6) is 0. The first kappa shape index (κ1) is 10.6. The molecule has 0 aliphatic carbocycles. The number of rotatable bonds is 2. The zero-order valence-electron chi connectivity index (χ0n) is 7.29. The second-order valence-electron chi connectivity index (χ2n) is 2.70. The summed E-state index contributed by atoms with van der Waals surface area (Å²) in [7, 11) is 0. The molecule has 0 spiro atoms. The Morgan fingerprint density at radius 3 is 2.50 bits per heavy atom. The second-order valence-corrected chi connectivity index (χ2v) is 3.61. The molecule has 0 fully saturated rings. The molecule has 0 saturated carbocycles. The topological polar surface area (TPSA) is 112 Å². The maximum absolute atomic E-state index is 10.7. The molecule has 82 valence electrons. The van der Waals surface area contributed by atoms with E-state index < -0.39 is 26.2 Å². The maximum Gasteiger partial charge on any atom is 0.323 e. The van der Waals surface area contributed by atoms with Crippen LogP contribution in [0.5, 0.6) is 0 Å². The summed E-state index contributed by atoms with van der Waals surface area (Å²) in [4.78, 5) is 19.8. The molecule has 0 unspecified atom stereocenters. The van der Waals surface area contributed by atoms with Gasteiger partial charge in [0.15, 0.2) is 10.5 Å². The highest BCUT2D eigenvalue weighted by Gasteiger charge is 2.29. The largest absolute Gasteiger partial charge is 0.323 e. The third kappa shape index (κ3) is 1.46. The van der Waals surface area contributed by atoms with E-state index in [1.807, 2.05) is 0 Å². The van der Waals surface area contributed by atoms with Crippen LogP contribution >= 0.6 is 23.3 Å². The summed E-state index contributed by atoms with van der Waals surface area (Å²) in [6, 6.07) is 1.06. The average molecular weight is 261 g/mol. The van der Waals surface area contributed by atoms with Gasteiger partial charge >= 0.3 is 5.69 Å². The molecule has 2 aromatic rings. The normalized spacial score (nSPS) is 10.6. The van der Waals surface area contributed by atoms with Gasteiger partial charge in [-0.2, -0.15) is 8.75 Å². The van der Waals surface area contributed by atoms with E-state index in [1.165, 1.54) is 0 Å². The van der Waals surface area contributed by atoms with Crippen molar-refractivity contribution in [1.82, 2.24) is 8.75 Å². The summed E-state index contributed by atoms with van der Waals surface area (Å²) in [6.45, 7) is 0. The predicted octanol–water partition coefficient (Wildman–Crippen LogP) is 2.16. The van der Waals surface area contributed by atoms with Crippen molar-refractivity contribution in [2.75, 3.05) is 0 Å². The lowest BCUT2D eigenvalue weighted by atomic mass is 10.2. The first-order valence-corrected chi connectivity index (χ1v) is 4.86. The number of hydrogen-bond donors (Lipinski definition) is 0. The Hall–Kier alpha value is -1.87. The second kappa shape index (κ2) is 3.61. The van der Waals surface area contributed by atoms with Gasteiger partial charge in [0.25, 0.3) is 5.69 Å².